The van der Waals surface area contributed by atoms with E-state index in [1.54, 1.807) is 0 Å². The summed E-state index contributed by atoms with van der Waals surface area (Å²) < 4.78 is 4.73. The molecule has 0 radical (unpaired) electrons. The molecule has 80 valence electrons. The largest absolute Gasteiger partial charge is 0.468 e. The van der Waals surface area contributed by atoms with Crippen molar-refractivity contribution in [1.29, 1.82) is 0 Å². The van der Waals surface area contributed by atoms with Crippen molar-refractivity contribution in [3.8, 4) is 0 Å². The highest BCUT2D eigenvalue weighted by Crippen LogP contribution is 2.48. The van der Waals surface area contributed by atoms with E-state index in [0.717, 1.165) is 0 Å². The predicted octanol–water partition coefficient (Wildman–Crippen LogP) is 1.94. The number of ether oxygens (including phenoxy) is 1. The van der Waals surface area contributed by atoms with Crippen molar-refractivity contribution in [2.24, 2.45) is 10.8 Å². The van der Waals surface area contributed by atoms with Crippen molar-refractivity contribution in [3.05, 3.63) is 0 Å². The Hall–Kier alpha value is -0.860. The number of hydrogen-bond acceptors (Lipinski definition) is 3. The molecule has 0 N–H and O–H groups in total. The zero-order valence-corrected chi connectivity index (χ0v) is 9.35. The zero-order valence-electron chi connectivity index (χ0n) is 9.35. The first-order valence-electron chi connectivity index (χ1n) is 5.00. The maximum Gasteiger partial charge on any atom is 0.319 e. The molecule has 1 aliphatic carbocycles. The third-order valence-electron chi connectivity index (χ3n) is 3.13. The van der Waals surface area contributed by atoms with Crippen LogP contribution in [0.4, 0.5) is 0 Å². The first-order chi connectivity index (χ1) is 6.38. The molecule has 0 aromatic heterocycles. The second kappa shape index (κ2) is 3.37. The lowest BCUT2D eigenvalue weighted by Crippen LogP contribution is -2.36. The Balaban J connectivity index is 3.02. The molecule has 1 rings (SSSR count). The molecule has 3 nitrogen and oxygen atoms in total. The van der Waals surface area contributed by atoms with Crippen molar-refractivity contribution in [3.63, 3.8) is 0 Å². The summed E-state index contributed by atoms with van der Waals surface area (Å²) in [5.74, 6) is -0.326. The number of Topliss-reactive ketones (excluding diaryl/α,β-unsaturated/α-hetero) is 1. The quantitative estimate of drug-likeness (QED) is 0.503. The van der Waals surface area contributed by atoms with Crippen LogP contribution in [-0.2, 0) is 14.3 Å². The Labute approximate surface area is 84.8 Å². The number of carbonyl (C=O) groups excluding carboxylic acids is 2. The van der Waals surface area contributed by atoms with Crippen LogP contribution in [0.15, 0.2) is 0 Å². The molecule has 0 aliphatic heterocycles. The molecule has 0 aromatic carbocycles. The van der Waals surface area contributed by atoms with Gasteiger partial charge in [-0.05, 0) is 18.3 Å². The molecule has 3 heteroatoms. The second-order valence-corrected chi connectivity index (χ2v) is 4.87. The van der Waals surface area contributed by atoms with Crippen LogP contribution in [0.5, 0.6) is 0 Å². The highest BCUT2D eigenvalue weighted by Gasteiger charge is 2.54. The van der Waals surface area contributed by atoms with Crippen molar-refractivity contribution < 1.29 is 14.3 Å². The van der Waals surface area contributed by atoms with Gasteiger partial charge in [0.2, 0.25) is 0 Å². The van der Waals surface area contributed by atoms with Gasteiger partial charge in [0.05, 0.1) is 7.11 Å². The van der Waals surface area contributed by atoms with Crippen LogP contribution in [0.1, 0.15) is 40.0 Å². The van der Waals surface area contributed by atoms with Gasteiger partial charge >= 0.3 is 5.97 Å². The summed E-state index contributed by atoms with van der Waals surface area (Å²) in [6, 6.07) is 0. The van der Waals surface area contributed by atoms with Gasteiger partial charge in [-0.1, -0.05) is 20.8 Å². The van der Waals surface area contributed by atoms with E-state index in [-0.39, 0.29) is 17.2 Å². The SMILES string of the molecule is CCC1(C(=O)OC)CC(C)(C)CC1=O. The van der Waals surface area contributed by atoms with Crippen LogP contribution in [0.2, 0.25) is 0 Å². The van der Waals surface area contributed by atoms with Gasteiger partial charge in [-0.3, -0.25) is 9.59 Å². The molecular weight excluding hydrogens is 180 g/mol. The van der Waals surface area contributed by atoms with Crippen LogP contribution in [-0.4, -0.2) is 18.9 Å². The van der Waals surface area contributed by atoms with Crippen molar-refractivity contribution in [1.82, 2.24) is 0 Å². The van der Waals surface area contributed by atoms with E-state index >= 15 is 0 Å². The topological polar surface area (TPSA) is 43.4 Å². The van der Waals surface area contributed by atoms with E-state index in [1.807, 2.05) is 20.8 Å². The molecule has 1 fully saturated rings. The van der Waals surface area contributed by atoms with Gasteiger partial charge in [0, 0.05) is 6.42 Å². The summed E-state index contributed by atoms with van der Waals surface area (Å²) in [5, 5.41) is 0. The van der Waals surface area contributed by atoms with Gasteiger partial charge in [-0.15, -0.1) is 0 Å². The van der Waals surface area contributed by atoms with Crippen LogP contribution >= 0.6 is 0 Å². The van der Waals surface area contributed by atoms with Crippen LogP contribution in [0, 0.1) is 10.8 Å². The predicted molar refractivity (Wildman–Crippen MR) is 52.8 cm³/mol. The minimum atomic E-state index is -0.863. The monoisotopic (exact) mass is 198 g/mol. The Bertz CT molecular complexity index is 268. The average molecular weight is 198 g/mol. The van der Waals surface area contributed by atoms with Gasteiger partial charge in [-0.25, -0.2) is 0 Å². The summed E-state index contributed by atoms with van der Waals surface area (Å²) in [4.78, 5) is 23.5. The number of ketones is 1. The first-order valence-corrected chi connectivity index (χ1v) is 5.00. The van der Waals surface area contributed by atoms with Gasteiger partial charge in [0.1, 0.15) is 5.41 Å². The molecule has 0 aromatic rings. The van der Waals surface area contributed by atoms with E-state index in [0.29, 0.717) is 19.3 Å². The molecule has 1 saturated carbocycles. The van der Waals surface area contributed by atoms with E-state index in [1.165, 1.54) is 7.11 Å². The summed E-state index contributed by atoms with van der Waals surface area (Å²) in [7, 11) is 1.35. The number of carbonyl (C=O) groups is 2. The number of rotatable bonds is 2. The molecule has 1 unspecified atom stereocenters. The number of esters is 1. The Morgan fingerprint density at radius 3 is 2.36 bits per heavy atom. The van der Waals surface area contributed by atoms with E-state index in [4.69, 9.17) is 4.74 Å². The summed E-state index contributed by atoms with van der Waals surface area (Å²) in [5.41, 5.74) is -0.931. The fourth-order valence-electron chi connectivity index (χ4n) is 2.43. The smallest absolute Gasteiger partial charge is 0.319 e. The Kier molecular flexibility index (Phi) is 2.70. The average Bonchev–Trinajstić information content (AvgIpc) is 2.35. The zero-order chi connectivity index (χ0) is 11.0. The molecule has 0 saturated heterocycles. The molecule has 1 aliphatic rings. The Morgan fingerprint density at radius 1 is 1.50 bits per heavy atom. The van der Waals surface area contributed by atoms with Crippen LogP contribution in [0.25, 0.3) is 0 Å². The third-order valence-corrected chi connectivity index (χ3v) is 3.13. The standard InChI is InChI=1S/C11H18O3/c1-5-11(9(13)14-4)7-10(2,3)6-8(11)12/h5-7H2,1-4H3. The van der Waals surface area contributed by atoms with Crippen molar-refractivity contribution >= 4 is 11.8 Å². The molecule has 1 atom stereocenters. The normalized spacial score (nSPS) is 30.4. The molecule has 0 bridgehead atoms. The molecule has 0 spiro atoms. The molecule has 0 heterocycles. The van der Waals surface area contributed by atoms with Crippen LogP contribution in [0.3, 0.4) is 0 Å². The lowest BCUT2D eigenvalue weighted by atomic mass is 9.79. The highest BCUT2D eigenvalue weighted by molar-refractivity contribution is 6.05. The van der Waals surface area contributed by atoms with Gasteiger partial charge in [0.25, 0.3) is 0 Å². The Morgan fingerprint density at radius 2 is 2.07 bits per heavy atom. The van der Waals surface area contributed by atoms with E-state index in [2.05, 4.69) is 0 Å². The maximum absolute atomic E-state index is 11.8. The summed E-state index contributed by atoms with van der Waals surface area (Å²) >= 11 is 0. The molecule has 0 amide bonds. The number of hydrogen-bond donors (Lipinski definition) is 0. The molecule has 14 heavy (non-hydrogen) atoms. The first kappa shape index (κ1) is 11.2. The lowest BCUT2D eigenvalue weighted by molar-refractivity contribution is -0.157. The lowest BCUT2D eigenvalue weighted by Gasteiger charge is -2.24. The van der Waals surface area contributed by atoms with Crippen LogP contribution < -0.4 is 0 Å². The highest BCUT2D eigenvalue weighted by atomic mass is 16.5. The van der Waals surface area contributed by atoms with E-state index in [9.17, 15) is 9.59 Å². The van der Waals surface area contributed by atoms with Crippen molar-refractivity contribution in [2.45, 2.75) is 40.0 Å². The van der Waals surface area contributed by atoms with Gasteiger partial charge < -0.3 is 4.74 Å². The molecular formula is C11H18O3. The third kappa shape index (κ3) is 1.56. The second-order valence-electron chi connectivity index (χ2n) is 4.87. The fourth-order valence-corrected chi connectivity index (χ4v) is 2.43. The summed E-state index contributed by atoms with van der Waals surface area (Å²) in [6.07, 6.45) is 1.64. The van der Waals surface area contributed by atoms with Crippen molar-refractivity contribution in [2.75, 3.05) is 7.11 Å². The number of methoxy groups -OCH3 is 1. The maximum atomic E-state index is 11.8. The fraction of sp³-hybridized carbons (Fsp3) is 0.818. The van der Waals surface area contributed by atoms with E-state index < -0.39 is 5.41 Å². The summed E-state index contributed by atoms with van der Waals surface area (Å²) in [6.45, 7) is 5.91. The minimum absolute atomic E-state index is 0.0388. The minimum Gasteiger partial charge on any atom is -0.468 e. The van der Waals surface area contributed by atoms with Gasteiger partial charge in [0.15, 0.2) is 5.78 Å². The van der Waals surface area contributed by atoms with Gasteiger partial charge in [-0.2, -0.15) is 0 Å².